The Morgan fingerprint density at radius 1 is 0.811 bits per heavy atom. The van der Waals surface area contributed by atoms with Crippen LogP contribution in [0.25, 0.3) is 10.8 Å². The first kappa shape index (κ1) is 26.1. The highest BCUT2D eigenvalue weighted by molar-refractivity contribution is 7.92. The van der Waals surface area contributed by atoms with Crippen LogP contribution in [0.3, 0.4) is 0 Å². The minimum Gasteiger partial charge on any atom is -0.495 e. The quantitative estimate of drug-likeness (QED) is 0.307. The van der Waals surface area contributed by atoms with Crippen molar-refractivity contribution in [3.8, 4) is 17.2 Å². The van der Waals surface area contributed by atoms with Crippen LogP contribution in [0.2, 0.25) is 5.02 Å². The summed E-state index contributed by atoms with van der Waals surface area (Å²) in [7, 11) is -0.0224. The van der Waals surface area contributed by atoms with Gasteiger partial charge in [0.25, 0.3) is 10.0 Å². The maximum atomic E-state index is 13.9. The van der Waals surface area contributed by atoms with Gasteiger partial charge in [0.1, 0.15) is 12.3 Å². The van der Waals surface area contributed by atoms with E-state index in [-0.39, 0.29) is 27.1 Å². The summed E-state index contributed by atoms with van der Waals surface area (Å²) in [6.07, 6.45) is 0. The molecule has 0 heterocycles. The van der Waals surface area contributed by atoms with E-state index in [2.05, 4.69) is 5.32 Å². The number of rotatable bonds is 9. The third-order valence-electron chi connectivity index (χ3n) is 5.67. The molecule has 0 atom stereocenters. The van der Waals surface area contributed by atoms with Gasteiger partial charge in [-0.05, 0) is 53.2 Å². The summed E-state index contributed by atoms with van der Waals surface area (Å²) < 4.78 is 44.7. The standard InChI is InChI=1S/C27H25ClN2O6S/c1-34-24-12-9-20(28)15-23(24)30(37(32,33)22-11-13-25(35-2)26(16-22)36-3)17-27(31)29-21-10-8-18-6-4-5-7-19(18)14-21/h4-16H,17H2,1-3H3,(H,29,31). The molecule has 0 radical (unpaired) electrons. The number of carbonyl (C=O) groups is 1. The second kappa shape index (κ2) is 11.0. The van der Waals surface area contributed by atoms with Crippen molar-refractivity contribution >= 4 is 49.7 Å². The molecule has 0 bridgehead atoms. The van der Waals surface area contributed by atoms with Crippen molar-refractivity contribution in [3.05, 3.63) is 83.9 Å². The number of methoxy groups -OCH3 is 3. The molecule has 0 fully saturated rings. The number of ether oxygens (including phenoxy) is 3. The highest BCUT2D eigenvalue weighted by Crippen LogP contribution is 2.37. The number of hydrogen-bond acceptors (Lipinski definition) is 6. The molecule has 0 aliphatic rings. The molecule has 0 aliphatic carbocycles. The average Bonchev–Trinajstić information content (AvgIpc) is 2.91. The van der Waals surface area contributed by atoms with Gasteiger partial charge < -0.3 is 19.5 Å². The maximum Gasteiger partial charge on any atom is 0.265 e. The summed E-state index contributed by atoms with van der Waals surface area (Å²) in [5, 5.41) is 5.02. The number of amides is 1. The van der Waals surface area contributed by atoms with E-state index in [0.717, 1.165) is 15.1 Å². The number of nitrogens with one attached hydrogen (secondary N) is 1. The minimum atomic E-state index is -4.28. The van der Waals surface area contributed by atoms with Gasteiger partial charge in [-0.2, -0.15) is 0 Å². The summed E-state index contributed by atoms with van der Waals surface area (Å²) in [5.41, 5.74) is 0.642. The Morgan fingerprint density at radius 3 is 2.19 bits per heavy atom. The van der Waals surface area contributed by atoms with E-state index in [1.54, 1.807) is 12.1 Å². The smallest absolute Gasteiger partial charge is 0.265 e. The van der Waals surface area contributed by atoms with Gasteiger partial charge in [-0.1, -0.05) is 41.9 Å². The summed E-state index contributed by atoms with van der Waals surface area (Å²) in [4.78, 5) is 13.1. The zero-order chi connectivity index (χ0) is 26.6. The van der Waals surface area contributed by atoms with Crippen molar-refractivity contribution in [2.24, 2.45) is 0 Å². The Hall–Kier alpha value is -3.95. The largest absolute Gasteiger partial charge is 0.495 e. The van der Waals surface area contributed by atoms with Gasteiger partial charge in [0.2, 0.25) is 5.91 Å². The molecule has 0 saturated carbocycles. The van der Waals surface area contributed by atoms with Gasteiger partial charge in [-0.15, -0.1) is 0 Å². The SMILES string of the molecule is COc1ccc(S(=O)(=O)N(CC(=O)Nc2ccc3ccccc3c2)c2cc(Cl)ccc2OC)cc1OC. The van der Waals surface area contributed by atoms with Gasteiger partial charge >= 0.3 is 0 Å². The predicted molar refractivity (Wildman–Crippen MR) is 145 cm³/mol. The number of halogens is 1. The zero-order valence-electron chi connectivity index (χ0n) is 20.4. The molecule has 1 amide bonds. The van der Waals surface area contributed by atoms with E-state index in [1.165, 1.54) is 51.7 Å². The predicted octanol–water partition coefficient (Wildman–Crippen LogP) is 5.35. The average molecular weight is 541 g/mol. The molecule has 4 aromatic rings. The third-order valence-corrected chi connectivity index (χ3v) is 7.66. The molecule has 4 rings (SSSR count). The van der Waals surface area contributed by atoms with Crippen molar-refractivity contribution in [1.29, 1.82) is 0 Å². The van der Waals surface area contributed by atoms with E-state index in [1.807, 2.05) is 36.4 Å². The minimum absolute atomic E-state index is 0.106. The van der Waals surface area contributed by atoms with Crippen molar-refractivity contribution in [2.45, 2.75) is 4.90 Å². The number of anilines is 2. The molecule has 192 valence electrons. The Labute approximate surface area is 220 Å². The molecule has 8 nitrogen and oxygen atoms in total. The summed E-state index contributed by atoms with van der Waals surface area (Å²) in [6, 6.07) is 21.9. The molecule has 0 aliphatic heterocycles. The lowest BCUT2D eigenvalue weighted by Gasteiger charge is -2.26. The fourth-order valence-electron chi connectivity index (χ4n) is 3.86. The number of sulfonamides is 1. The van der Waals surface area contributed by atoms with Crippen LogP contribution in [0.4, 0.5) is 11.4 Å². The summed E-state index contributed by atoms with van der Waals surface area (Å²) in [5.74, 6) is 0.262. The monoisotopic (exact) mass is 540 g/mol. The van der Waals surface area contributed by atoms with Gasteiger partial charge in [0.05, 0.1) is 31.9 Å². The Kier molecular flexibility index (Phi) is 7.75. The molecular formula is C27H25ClN2O6S. The van der Waals surface area contributed by atoms with Crippen LogP contribution >= 0.6 is 11.6 Å². The molecular weight excluding hydrogens is 516 g/mol. The summed E-state index contributed by atoms with van der Waals surface area (Å²) in [6.45, 7) is -0.541. The van der Waals surface area contributed by atoms with E-state index < -0.39 is 22.5 Å². The number of hydrogen-bond donors (Lipinski definition) is 1. The summed E-state index contributed by atoms with van der Waals surface area (Å²) >= 11 is 6.21. The number of fused-ring (bicyclic) bond motifs is 1. The van der Waals surface area contributed by atoms with Crippen molar-refractivity contribution < 1.29 is 27.4 Å². The van der Waals surface area contributed by atoms with Crippen molar-refractivity contribution in [1.82, 2.24) is 0 Å². The van der Waals surface area contributed by atoms with Crippen LogP contribution in [-0.4, -0.2) is 42.2 Å². The topological polar surface area (TPSA) is 94.2 Å². The van der Waals surface area contributed by atoms with E-state index >= 15 is 0 Å². The second-order valence-corrected chi connectivity index (χ2v) is 10.3. The fraction of sp³-hybridized carbons (Fsp3) is 0.148. The Morgan fingerprint density at radius 2 is 1.49 bits per heavy atom. The van der Waals surface area contributed by atoms with Crippen LogP contribution in [0.1, 0.15) is 0 Å². The van der Waals surface area contributed by atoms with Crippen LogP contribution in [0.5, 0.6) is 17.2 Å². The molecule has 10 heteroatoms. The van der Waals surface area contributed by atoms with Crippen LogP contribution in [-0.2, 0) is 14.8 Å². The number of nitrogens with zero attached hydrogens (tertiary/aromatic N) is 1. The Balaban J connectivity index is 1.74. The molecule has 1 N–H and O–H groups in total. The first-order valence-corrected chi connectivity index (χ1v) is 13.0. The number of carbonyl (C=O) groups excluding carboxylic acids is 1. The first-order chi connectivity index (χ1) is 17.8. The molecule has 0 aromatic heterocycles. The molecule has 0 unspecified atom stereocenters. The van der Waals surface area contributed by atoms with E-state index in [0.29, 0.717) is 11.4 Å². The van der Waals surface area contributed by atoms with Crippen molar-refractivity contribution in [2.75, 3.05) is 37.5 Å². The second-order valence-electron chi connectivity index (χ2n) is 7.95. The van der Waals surface area contributed by atoms with Crippen LogP contribution < -0.4 is 23.8 Å². The van der Waals surface area contributed by atoms with Crippen LogP contribution in [0.15, 0.2) is 83.8 Å². The van der Waals surface area contributed by atoms with Crippen LogP contribution in [0, 0.1) is 0 Å². The van der Waals surface area contributed by atoms with E-state index in [9.17, 15) is 13.2 Å². The lowest BCUT2D eigenvalue weighted by Crippen LogP contribution is -2.38. The Bertz CT molecular complexity index is 1560. The number of benzene rings is 4. The van der Waals surface area contributed by atoms with E-state index in [4.69, 9.17) is 25.8 Å². The maximum absolute atomic E-state index is 13.9. The molecule has 4 aromatic carbocycles. The highest BCUT2D eigenvalue weighted by Gasteiger charge is 2.30. The zero-order valence-corrected chi connectivity index (χ0v) is 22.0. The normalized spacial score (nSPS) is 11.1. The highest BCUT2D eigenvalue weighted by atomic mass is 35.5. The molecule has 0 saturated heterocycles. The molecule has 37 heavy (non-hydrogen) atoms. The van der Waals surface area contributed by atoms with Gasteiger partial charge in [0, 0.05) is 16.8 Å². The van der Waals surface area contributed by atoms with Gasteiger partial charge in [-0.25, -0.2) is 8.42 Å². The fourth-order valence-corrected chi connectivity index (χ4v) is 5.47. The van der Waals surface area contributed by atoms with Gasteiger partial charge in [0.15, 0.2) is 11.5 Å². The molecule has 0 spiro atoms. The third kappa shape index (κ3) is 5.58. The van der Waals surface area contributed by atoms with Gasteiger partial charge in [-0.3, -0.25) is 9.10 Å². The lowest BCUT2D eigenvalue weighted by molar-refractivity contribution is -0.114. The van der Waals surface area contributed by atoms with Crippen molar-refractivity contribution in [3.63, 3.8) is 0 Å². The lowest BCUT2D eigenvalue weighted by atomic mass is 10.1. The first-order valence-electron chi connectivity index (χ1n) is 11.1.